The molecule has 0 spiro atoms. The van der Waals surface area contributed by atoms with Gasteiger partial charge in [-0.15, -0.1) is 0 Å². The van der Waals surface area contributed by atoms with Crippen LogP contribution in [-0.4, -0.2) is 30.4 Å². The van der Waals surface area contributed by atoms with Gasteiger partial charge in [-0.05, 0) is 6.07 Å². The van der Waals surface area contributed by atoms with Gasteiger partial charge in [0.15, 0.2) is 5.69 Å². The Morgan fingerprint density at radius 1 is 1.67 bits per heavy atom. The zero-order valence-corrected chi connectivity index (χ0v) is 6.96. The van der Waals surface area contributed by atoms with E-state index >= 15 is 0 Å². The lowest BCUT2D eigenvalue weighted by Gasteiger charge is -1.91. The smallest absolute Gasteiger partial charge is 0.358 e. The van der Waals surface area contributed by atoms with Crippen molar-refractivity contribution in [3.8, 4) is 0 Å². The summed E-state index contributed by atoms with van der Waals surface area (Å²) in [6.45, 7) is 0.407. The summed E-state index contributed by atoms with van der Waals surface area (Å²) in [5.74, 6) is -0.450. The molecule has 0 aliphatic heterocycles. The van der Waals surface area contributed by atoms with Crippen LogP contribution < -0.4 is 0 Å². The Labute approximate surface area is 69.7 Å². The summed E-state index contributed by atoms with van der Waals surface area (Å²) in [5, 5.41) is 6.37. The lowest BCUT2D eigenvalue weighted by Crippen LogP contribution is -2.00. The molecule has 1 aromatic heterocycles. The van der Waals surface area contributed by atoms with Crippen molar-refractivity contribution in [2.75, 3.05) is 14.2 Å². The van der Waals surface area contributed by atoms with E-state index in [2.05, 4.69) is 14.9 Å². The fourth-order valence-electron chi connectivity index (χ4n) is 0.800. The van der Waals surface area contributed by atoms with Crippen molar-refractivity contribution in [2.45, 2.75) is 6.61 Å². The normalized spacial score (nSPS) is 9.83. The molecule has 1 heterocycles. The second-order valence-electron chi connectivity index (χ2n) is 2.20. The van der Waals surface area contributed by atoms with Crippen LogP contribution in [0.2, 0.25) is 0 Å². The number of ether oxygens (including phenoxy) is 2. The predicted octanol–water partition coefficient (Wildman–Crippen LogP) is 0.343. The van der Waals surface area contributed by atoms with Crippen molar-refractivity contribution < 1.29 is 14.3 Å². The van der Waals surface area contributed by atoms with E-state index in [1.165, 1.54) is 7.11 Å². The van der Waals surface area contributed by atoms with Crippen molar-refractivity contribution in [1.82, 2.24) is 10.2 Å². The first-order valence-corrected chi connectivity index (χ1v) is 3.39. The highest BCUT2D eigenvalue weighted by Crippen LogP contribution is 2.01. The van der Waals surface area contributed by atoms with Crippen LogP contribution in [0.4, 0.5) is 0 Å². The standard InChI is InChI=1S/C7H10N2O3/c1-11-4-5-3-6(9-8-5)7(10)12-2/h3H,4H2,1-2H3,(H,8,9). The molecule has 0 fully saturated rings. The topological polar surface area (TPSA) is 64.2 Å². The maximum atomic E-state index is 10.9. The molecule has 0 aliphatic rings. The van der Waals surface area contributed by atoms with Crippen LogP contribution >= 0.6 is 0 Å². The molecule has 66 valence electrons. The van der Waals surface area contributed by atoms with Gasteiger partial charge in [-0.3, -0.25) is 5.10 Å². The van der Waals surface area contributed by atoms with Crippen molar-refractivity contribution in [2.24, 2.45) is 0 Å². The fraction of sp³-hybridized carbons (Fsp3) is 0.429. The van der Waals surface area contributed by atoms with E-state index in [-0.39, 0.29) is 5.69 Å². The molecular formula is C7H10N2O3. The second kappa shape index (κ2) is 3.87. The molecule has 0 amide bonds. The number of carbonyl (C=O) groups excluding carboxylic acids is 1. The lowest BCUT2D eigenvalue weighted by atomic mass is 10.4. The molecule has 0 atom stereocenters. The van der Waals surface area contributed by atoms with Gasteiger partial charge in [0.25, 0.3) is 0 Å². The molecule has 5 nitrogen and oxygen atoms in total. The number of rotatable bonds is 3. The number of aromatic amines is 1. The molecule has 0 saturated heterocycles. The van der Waals surface area contributed by atoms with E-state index in [1.807, 2.05) is 0 Å². The highest BCUT2D eigenvalue weighted by Gasteiger charge is 2.09. The van der Waals surface area contributed by atoms with E-state index in [0.29, 0.717) is 6.61 Å². The van der Waals surface area contributed by atoms with Crippen LogP contribution in [-0.2, 0) is 16.1 Å². The van der Waals surface area contributed by atoms with Gasteiger partial charge in [-0.25, -0.2) is 4.79 Å². The molecule has 0 radical (unpaired) electrons. The number of carbonyl (C=O) groups is 1. The van der Waals surface area contributed by atoms with E-state index in [9.17, 15) is 4.79 Å². The first kappa shape index (κ1) is 8.73. The number of H-pyrrole nitrogens is 1. The maximum Gasteiger partial charge on any atom is 0.358 e. The van der Waals surface area contributed by atoms with Crippen LogP contribution in [0.1, 0.15) is 16.2 Å². The number of aromatic nitrogens is 2. The van der Waals surface area contributed by atoms with Crippen LogP contribution in [0.3, 0.4) is 0 Å². The van der Waals surface area contributed by atoms with E-state index < -0.39 is 5.97 Å². The van der Waals surface area contributed by atoms with Crippen LogP contribution in [0, 0.1) is 0 Å². The van der Waals surface area contributed by atoms with Gasteiger partial charge < -0.3 is 9.47 Å². The van der Waals surface area contributed by atoms with Crippen molar-refractivity contribution in [3.05, 3.63) is 17.5 Å². The Kier molecular flexibility index (Phi) is 2.82. The molecule has 12 heavy (non-hydrogen) atoms. The Morgan fingerprint density at radius 3 is 3.00 bits per heavy atom. The van der Waals surface area contributed by atoms with Gasteiger partial charge in [-0.2, -0.15) is 5.10 Å². The predicted molar refractivity (Wildman–Crippen MR) is 40.6 cm³/mol. The molecular weight excluding hydrogens is 160 g/mol. The highest BCUT2D eigenvalue weighted by molar-refractivity contribution is 5.87. The minimum Gasteiger partial charge on any atom is -0.464 e. The summed E-state index contributed by atoms with van der Waals surface area (Å²) >= 11 is 0. The summed E-state index contributed by atoms with van der Waals surface area (Å²) < 4.78 is 9.30. The number of esters is 1. The van der Waals surface area contributed by atoms with Gasteiger partial charge >= 0.3 is 5.97 Å². The summed E-state index contributed by atoms with van der Waals surface area (Å²) in [6.07, 6.45) is 0. The molecule has 0 saturated carbocycles. The largest absolute Gasteiger partial charge is 0.464 e. The highest BCUT2D eigenvalue weighted by atomic mass is 16.5. The quantitative estimate of drug-likeness (QED) is 0.664. The van der Waals surface area contributed by atoms with Gasteiger partial charge in [0.1, 0.15) is 0 Å². The van der Waals surface area contributed by atoms with Crippen LogP contribution in [0.5, 0.6) is 0 Å². The molecule has 5 heteroatoms. The van der Waals surface area contributed by atoms with Gasteiger partial charge in [0.05, 0.1) is 19.4 Å². The molecule has 0 aromatic carbocycles. The number of hydrogen-bond acceptors (Lipinski definition) is 4. The molecule has 1 rings (SSSR count). The SMILES string of the molecule is COCc1cc(C(=O)OC)n[nH]1. The Bertz CT molecular complexity index is 269. The Morgan fingerprint density at radius 2 is 2.42 bits per heavy atom. The van der Waals surface area contributed by atoms with Gasteiger partial charge in [-0.1, -0.05) is 0 Å². The number of nitrogens with one attached hydrogen (secondary N) is 1. The van der Waals surface area contributed by atoms with E-state index in [4.69, 9.17) is 4.74 Å². The zero-order chi connectivity index (χ0) is 8.97. The second-order valence-corrected chi connectivity index (χ2v) is 2.20. The monoisotopic (exact) mass is 170 g/mol. The summed E-state index contributed by atoms with van der Waals surface area (Å²) in [7, 11) is 2.88. The molecule has 0 unspecified atom stereocenters. The molecule has 1 aromatic rings. The maximum absolute atomic E-state index is 10.9. The average Bonchev–Trinajstić information content (AvgIpc) is 2.52. The van der Waals surface area contributed by atoms with Crippen molar-refractivity contribution in [1.29, 1.82) is 0 Å². The first-order valence-electron chi connectivity index (χ1n) is 3.39. The zero-order valence-electron chi connectivity index (χ0n) is 6.96. The third-order valence-electron chi connectivity index (χ3n) is 1.33. The first-order chi connectivity index (χ1) is 5.77. The Hall–Kier alpha value is -1.36. The number of methoxy groups -OCH3 is 2. The third kappa shape index (κ3) is 1.82. The third-order valence-corrected chi connectivity index (χ3v) is 1.33. The van der Waals surface area contributed by atoms with Crippen molar-refractivity contribution >= 4 is 5.97 Å². The molecule has 1 N–H and O–H groups in total. The molecule has 0 bridgehead atoms. The summed E-state index contributed by atoms with van der Waals surface area (Å²) in [6, 6.07) is 1.59. The van der Waals surface area contributed by atoms with Crippen molar-refractivity contribution in [3.63, 3.8) is 0 Å². The van der Waals surface area contributed by atoms with E-state index in [1.54, 1.807) is 13.2 Å². The van der Waals surface area contributed by atoms with Gasteiger partial charge in [0.2, 0.25) is 0 Å². The average molecular weight is 170 g/mol. The lowest BCUT2D eigenvalue weighted by molar-refractivity contribution is 0.0594. The van der Waals surface area contributed by atoms with E-state index in [0.717, 1.165) is 5.69 Å². The number of nitrogens with zero attached hydrogens (tertiary/aromatic N) is 1. The van der Waals surface area contributed by atoms with Gasteiger partial charge in [0, 0.05) is 7.11 Å². The summed E-state index contributed by atoms with van der Waals surface area (Å²) in [5.41, 5.74) is 1.02. The molecule has 0 aliphatic carbocycles. The fourth-order valence-corrected chi connectivity index (χ4v) is 0.800. The van der Waals surface area contributed by atoms with Crippen LogP contribution in [0.25, 0.3) is 0 Å². The van der Waals surface area contributed by atoms with Crippen LogP contribution in [0.15, 0.2) is 6.07 Å². The number of hydrogen-bond donors (Lipinski definition) is 1. The minimum absolute atomic E-state index is 0.268. The summed E-state index contributed by atoms with van der Waals surface area (Å²) in [4.78, 5) is 10.9. The Balaban J connectivity index is 2.70. The minimum atomic E-state index is -0.450.